The Labute approximate surface area is 166 Å². The molecule has 150 valence electrons. The second-order valence-electron chi connectivity index (χ2n) is 7.91. The van der Waals surface area contributed by atoms with Crippen LogP contribution in [0.2, 0.25) is 0 Å². The first kappa shape index (κ1) is 19.4. The third kappa shape index (κ3) is 3.54. The van der Waals surface area contributed by atoms with Crippen molar-refractivity contribution < 1.29 is 13.5 Å². The number of imidazole rings is 1. The zero-order chi connectivity index (χ0) is 19.9. The van der Waals surface area contributed by atoms with Crippen LogP contribution in [0.1, 0.15) is 43.5 Å². The van der Waals surface area contributed by atoms with Crippen LogP contribution in [-0.4, -0.2) is 52.8 Å². The molecule has 6 nitrogen and oxygen atoms in total. The van der Waals surface area contributed by atoms with E-state index in [2.05, 4.69) is 28.6 Å². The van der Waals surface area contributed by atoms with Gasteiger partial charge in [-0.1, -0.05) is 30.3 Å². The molecular weight excluding hydrogens is 374 g/mol. The molecule has 1 fully saturated rings. The van der Waals surface area contributed by atoms with Gasteiger partial charge in [0, 0.05) is 13.1 Å². The van der Waals surface area contributed by atoms with Crippen molar-refractivity contribution in [1.29, 1.82) is 0 Å². The maximum Gasteiger partial charge on any atom is 0.211 e. The molecule has 2 aliphatic heterocycles. The zero-order valence-corrected chi connectivity index (χ0v) is 17.1. The number of benzene rings is 1. The van der Waals surface area contributed by atoms with Crippen molar-refractivity contribution in [2.24, 2.45) is 5.92 Å². The second kappa shape index (κ2) is 7.46. The van der Waals surface area contributed by atoms with Crippen LogP contribution >= 0.6 is 0 Å². The summed E-state index contributed by atoms with van der Waals surface area (Å²) in [7, 11) is -3.15. The maximum absolute atomic E-state index is 11.7. The molecule has 1 aromatic carbocycles. The van der Waals surface area contributed by atoms with Crippen molar-refractivity contribution in [3.05, 3.63) is 54.1 Å². The molecule has 2 aromatic rings. The van der Waals surface area contributed by atoms with Crippen LogP contribution in [0.25, 0.3) is 11.1 Å². The molecule has 1 N–H and O–H groups in total. The van der Waals surface area contributed by atoms with Gasteiger partial charge in [-0.25, -0.2) is 17.7 Å². The quantitative estimate of drug-likeness (QED) is 0.836. The van der Waals surface area contributed by atoms with Crippen LogP contribution in [0, 0.1) is 5.92 Å². The number of aliphatic hydroxyl groups is 1. The van der Waals surface area contributed by atoms with Crippen molar-refractivity contribution >= 4 is 21.2 Å². The molecule has 0 radical (unpaired) electrons. The van der Waals surface area contributed by atoms with E-state index in [1.165, 1.54) is 27.3 Å². The zero-order valence-electron chi connectivity index (χ0n) is 16.3. The van der Waals surface area contributed by atoms with Gasteiger partial charge in [0.2, 0.25) is 10.0 Å². The lowest BCUT2D eigenvalue weighted by molar-refractivity contribution is 0.0627. The van der Waals surface area contributed by atoms with Gasteiger partial charge in [0.05, 0.1) is 36.6 Å². The normalized spacial score (nSPS) is 22.5. The van der Waals surface area contributed by atoms with Crippen LogP contribution in [0.3, 0.4) is 0 Å². The van der Waals surface area contributed by atoms with Crippen LogP contribution in [0.4, 0.5) is 0 Å². The number of hydrogen-bond acceptors (Lipinski definition) is 4. The van der Waals surface area contributed by atoms with Gasteiger partial charge in [-0.05, 0) is 48.8 Å². The summed E-state index contributed by atoms with van der Waals surface area (Å²) in [5.41, 5.74) is 4.72. The highest BCUT2D eigenvalue weighted by Crippen LogP contribution is 2.45. The van der Waals surface area contributed by atoms with E-state index < -0.39 is 16.1 Å². The minimum absolute atomic E-state index is 0.0443. The van der Waals surface area contributed by atoms with E-state index in [1.807, 2.05) is 30.7 Å². The molecular formula is C21H27N3O3S. The van der Waals surface area contributed by atoms with Crippen LogP contribution in [0.5, 0.6) is 0 Å². The molecule has 28 heavy (non-hydrogen) atoms. The summed E-state index contributed by atoms with van der Waals surface area (Å²) in [6, 6.07) is 10.4. The largest absolute Gasteiger partial charge is 0.393 e. The van der Waals surface area contributed by atoms with Gasteiger partial charge in [-0.2, -0.15) is 0 Å². The summed E-state index contributed by atoms with van der Waals surface area (Å²) >= 11 is 0. The first-order valence-corrected chi connectivity index (χ1v) is 11.6. The minimum atomic E-state index is -3.15. The van der Waals surface area contributed by atoms with Crippen LogP contribution < -0.4 is 0 Å². The van der Waals surface area contributed by atoms with Crippen molar-refractivity contribution in [2.75, 3.05) is 19.3 Å². The number of allylic oxidation sites excluding steroid dienone is 2. The number of nitrogens with zero attached hydrogens (tertiary/aromatic N) is 3. The number of piperidine rings is 1. The van der Waals surface area contributed by atoms with Crippen LogP contribution in [0.15, 0.2) is 42.9 Å². The summed E-state index contributed by atoms with van der Waals surface area (Å²) in [6.07, 6.45) is 6.50. The highest BCUT2D eigenvalue weighted by Gasteiger charge is 2.35. The number of aromatic nitrogens is 2. The molecule has 1 saturated heterocycles. The molecule has 4 rings (SSSR count). The van der Waals surface area contributed by atoms with Crippen molar-refractivity contribution in [2.45, 2.75) is 38.3 Å². The average molecular weight is 402 g/mol. The fraction of sp³-hybridized carbons (Fsp3) is 0.476. The van der Waals surface area contributed by atoms with E-state index in [0.29, 0.717) is 32.4 Å². The number of sulfonamides is 1. The van der Waals surface area contributed by atoms with Gasteiger partial charge in [0.25, 0.3) is 0 Å². The minimum Gasteiger partial charge on any atom is -0.393 e. The van der Waals surface area contributed by atoms with Crippen LogP contribution in [-0.2, 0) is 10.0 Å². The number of aliphatic hydroxyl groups excluding tert-OH is 1. The Hall–Kier alpha value is -1.96. The predicted octanol–water partition coefficient (Wildman–Crippen LogP) is 2.79. The molecule has 0 bridgehead atoms. The third-order valence-electron chi connectivity index (χ3n) is 6.18. The van der Waals surface area contributed by atoms with E-state index in [-0.39, 0.29) is 12.0 Å². The van der Waals surface area contributed by atoms with Gasteiger partial charge in [0.15, 0.2) is 0 Å². The highest BCUT2D eigenvalue weighted by atomic mass is 32.2. The number of rotatable bonds is 5. The Bertz CT molecular complexity index is 973. The molecule has 0 amide bonds. The molecule has 7 heteroatoms. The van der Waals surface area contributed by atoms with E-state index in [4.69, 9.17) is 0 Å². The Morgan fingerprint density at radius 3 is 2.54 bits per heavy atom. The first-order chi connectivity index (χ1) is 13.4. The molecule has 1 aromatic heterocycles. The standard InChI is InChI=1S/C21H27N3O3S/c1-15-19-13-22-14-24(19)18(21(15)17-6-4-3-5-7-17)12-20(25)16-8-10-23(11-9-16)28(2,26)27/h3-7,13-14,16,18,20,25H,8-12H2,1-2H3. The first-order valence-electron chi connectivity index (χ1n) is 9.78. The molecule has 0 saturated carbocycles. The fourth-order valence-corrected chi connectivity index (χ4v) is 5.52. The van der Waals surface area contributed by atoms with Gasteiger partial charge >= 0.3 is 0 Å². The lowest BCUT2D eigenvalue weighted by atomic mass is 9.85. The Morgan fingerprint density at radius 1 is 1.21 bits per heavy atom. The molecule has 2 unspecified atom stereocenters. The van der Waals surface area contributed by atoms with E-state index in [9.17, 15) is 13.5 Å². The van der Waals surface area contributed by atoms with Gasteiger partial charge in [0.1, 0.15) is 0 Å². The Morgan fingerprint density at radius 2 is 1.89 bits per heavy atom. The Balaban J connectivity index is 1.53. The molecule has 2 aliphatic rings. The number of fused-ring (bicyclic) bond motifs is 1. The smallest absolute Gasteiger partial charge is 0.211 e. The van der Waals surface area contributed by atoms with Gasteiger partial charge < -0.3 is 9.67 Å². The predicted molar refractivity (Wildman–Crippen MR) is 110 cm³/mol. The van der Waals surface area contributed by atoms with E-state index in [1.54, 1.807) is 0 Å². The fourth-order valence-electron chi connectivity index (χ4n) is 4.64. The second-order valence-corrected chi connectivity index (χ2v) is 9.89. The van der Waals surface area contributed by atoms with Crippen molar-refractivity contribution in [3.63, 3.8) is 0 Å². The third-order valence-corrected chi connectivity index (χ3v) is 7.49. The topological polar surface area (TPSA) is 75.4 Å². The summed E-state index contributed by atoms with van der Waals surface area (Å²) in [6.45, 7) is 3.09. The lowest BCUT2D eigenvalue weighted by Gasteiger charge is -2.34. The van der Waals surface area contributed by atoms with Gasteiger partial charge in [-0.3, -0.25) is 0 Å². The Kier molecular flexibility index (Phi) is 5.16. The SMILES string of the molecule is CC1=C(c2ccccc2)C(CC(O)C2CCN(S(C)(=O)=O)CC2)n2cncc21. The average Bonchev–Trinajstić information content (AvgIpc) is 3.25. The monoisotopic (exact) mass is 401 g/mol. The van der Waals surface area contributed by atoms with Crippen molar-refractivity contribution in [1.82, 2.24) is 13.9 Å². The maximum atomic E-state index is 11.7. The van der Waals surface area contributed by atoms with E-state index in [0.717, 1.165) is 5.69 Å². The van der Waals surface area contributed by atoms with E-state index >= 15 is 0 Å². The summed E-state index contributed by atoms with van der Waals surface area (Å²) in [5.74, 6) is 0.114. The lowest BCUT2D eigenvalue weighted by Crippen LogP contribution is -2.41. The summed E-state index contributed by atoms with van der Waals surface area (Å²) < 4.78 is 27.1. The number of hydrogen-bond donors (Lipinski definition) is 1. The highest BCUT2D eigenvalue weighted by molar-refractivity contribution is 7.88. The molecule has 0 aliphatic carbocycles. The summed E-state index contributed by atoms with van der Waals surface area (Å²) in [5, 5.41) is 11.0. The van der Waals surface area contributed by atoms with Crippen molar-refractivity contribution in [3.8, 4) is 0 Å². The molecule has 0 spiro atoms. The summed E-state index contributed by atoms with van der Waals surface area (Å²) in [4.78, 5) is 4.30. The molecule has 2 atom stereocenters. The van der Waals surface area contributed by atoms with Gasteiger partial charge in [-0.15, -0.1) is 0 Å². The molecule has 3 heterocycles.